The Morgan fingerprint density at radius 1 is 1.47 bits per heavy atom. The van der Waals surface area contributed by atoms with Crippen LogP contribution in [0.2, 0.25) is 0 Å². The van der Waals surface area contributed by atoms with Crippen molar-refractivity contribution < 1.29 is 9.18 Å². The highest BCUT2D eigenvalue weighted by atomic mass is 19.1. The highest BCUT2D eigenvalue weighted by Crippen LogP contribution is 2.42. The Bertz CT molecular complexity index is 465. The summed E-state index contributed by atoms with van der Waals surface area (Å²) in [6.07, 6.45) is 0.520. The van der Waals surface area contributed by atoms with Gasteiger partial charge < -0.3 is 0 Å². The maximum Gasteiger partial charge on any atom is 0.136 e. The Morgan fingerprint density at radius 3 is 2.60 bits per heavy atom. The minimum atomic E-state index is -0.700. The maximum atomic E-state index is 12.9. The van der Waals surface area contributed by atoms with Crippen molar-refractivity contribution in [2.75, 3.05) is 0 Å². The van der Waals surface area contributed by atoms with E-state index in [1.54, 1.807) is 13.0 Å². The fourth-order valence-corrected chi connectivity index (χ4v) is 2.12. The standard InChI is InChI=1S/C12H10FNO/c1-8-4-9(13)2-3-11(8)12(7-14)5-10(15)6-12/h2-4H,5-6H2,1H3. The molecule has 76 valence electrons. The number of hydrogen-bond donors (Lipinski definition) is 0. The molecule has 0 aliphatic heterocycles. The Morgan fingerprint density at radius 2 is 2.13 bits per heavy atom. The Balaban J connectivity index is 2.46. The van der Waals surface area contributed by atoms with Crippen LogP contribution in [0.15, 0.2) is 18.2 Å². The summed E-state index contributed by atoms with van der Waals surface area (Å²) in [4.78, 5) is 11.0. The van der Waals surface area contributed by atoms with E-state index in [4.69, 9.17) is 5.26 Å². The van der Waals surface area contributed by atoms with Gasteiger partial charge >= 0.3 is 0 Å². The minimum absolute atomic E-state index is 0.0975. The third-order valence-electron chi connectivity index (χ3n) is 2.92. The first-order valence-electron chi connectivity index (χ1n) is 4.77. The predicted molar refractivity (Wildman–Crippen MR) is 52.7 cm³/mol. The molecule has 3 heteroatoms. The average molecular weight is 203 g/mol. The zero-order valence-corrected chi connectivity index (χ0v) is 8.38. The van der Waals surface area contributed by atoms with Crippen molar-refractivity contribution in [1.29, 1.82) is 5.26 Å². The summed E-state index contributed by atoms with van der Waals surface area (Å²) in [6.45, 7) is 1.76. The summed E-state index contributed by atoms with van der Waals surface area (Å²) < 4.78 is 12.9. The van der Waals surface area contributed by atoms with Gasteiger partial charge in [0.1, 0.15) is 11.6 Å². The van der Waals surface area contributed by atoms with Crippen molar-refractivity contribution in [2.45, 2.75) is 25.2 Å². The lowest BCUT2D eigenvalue weighted by Gasteiger charge is -2.35. The summed E-state index contributed by atoms with van der Waals surface area (Å²) >= 11 is 0. The van der Waals surface area contributed by atoms with Crippen LogP contribution in [0, 0.1) is 24.1 Å². The molecule has 0 N–H and O–H groups in total. The van der Waals surface area contributed by atoms with Crippen molar-refractivity contribution >= 4 is 5.78 Å². The number of ketones is 1. The SMILES string of the molecule is Cc1cc(F)ccc1C1(C#N)CC(=O)C1. The number of carbonyl (C=O) groups excluding carboxylic acids is 1. The monoisotopic (exact) mass is 203 g/mol. The summed E-state index contributed by atoms with van der Waals surface area (Å²) in [5.41, 5.74) is 0.824. The molecule has 2 rings (SSSR count). The van der Waals surface area contributed by atoms with Gasteiger partial charge in [0.05, 0.1) is 11.5 Å². The van der Waals surface area contributed by atoms with Crippen LogP contribution in [0.4, 0.5) is 4.39 Å². The minimum Gasteiger partial charge on any atom is -0.300 e. The summed E-state index contributed by atoms with van der Waals surface area (Å²) in [6, 6.07) is 6.53. The van der Waals surface area contributed by atoms with E-state index in [9.17, 15) is 9.18 Å². The molecule has 1 aliphatic carbocycles. The molecule has 0 atom stereocenters. The fourth-order valence-electron chi connectivity index (χ4n) is 2.12. The molecule has 1 aliphatic rings. The molecule has 0 amide bonds. The smallest absolute Gasteiger partial charge is 0.136 e. The normalized spacial score (nSPS) is 18.1. The Labute approximate surface area is 87.3 Å². The molecule has 1 fully saturated rings. The van der Waals surface area contributed by atoms with Crippen molar-refractivity contribution in [3.8, 4) is 6.07 Å². The summed E-state index contributed by atoms with van der Waals surface area (Å²) in [5.74, 6) is -0.213. The fraction of sp³-hybridized carbons (Fsp3) is 0.333. The molecule has 2 nitrogen and oxygen atoms in total. The predicted octanol–water partition coefficient (Wildman–Crippen LogP) is 2.26. The van der Waals surface area contributed by atoms with Gasteiger partial charge in [0.15, 0.2) is 0 Å². The lowest BCUT2D eigenvalue weighted by Crippen LogP contribution is -2.40. The molecule has 1 aromatic rings. The van der Waals surface area contributed by atoms with Gasteiger partial charge in [0, 0.05) is 12.8 Å². The number of rotatable bonds is 1. The Hall–Kier alpha value is -1.69. The Kier molecular flexibility index (Phi) is 2.08. The number of benzene rings is 1. The molecule has 0 heterocycles. The average Bonchev–Trinajstić information content (AvgIpc) is 2.13. The summed E-state index contributed by atoms with van der Waals surface area (Å²) in [7, 11) is 0. The molecule has 0 unspecified atom stereocenters. The van der Waals surface area contributed by atoms with Gasteiger partial charge in [-0.15, -0.1) is 0 Å². The van der Waals surface area contributed by atoms with Gasteiger partial charge in [-0.3, -0.25) is 4.79 Å². The second kappa shape index (κ2) is 3.16. The maximum absolute atomic E-state index is 12.9. The first-order valence-corrected chi connectivity index (χ1v) is 4.77. The zero-order chi connectivity index (χ0) is 11.1. The second-order valence-corrected chi connectivity index (χ2v) is 4.05. The lowest BCUT2D eigenvalue weighted by molar-refractivity contribution is -0.126. The molecular formula is C12H10FNO. The summed E-state index contributed by atoms with van der Waals surface area (Å²) in [5, 5.41) is 9.11. The van der Waals surface area contributed by atoms with Gasteiger partial charge in [-0.25, -0.2) is 4.39 Å². The van der Waals surface area contributed by atoms with Gasteiger partial charge in [-0.05, 0) is 30.2 Å². The van der Waals surface area contributed by atoms with Gasteiger partial charge in [-0.2, -0.15) is 5.26 Å². The number of nitriles is 1. The van der Waals surface area contributed by atoms with Crippen molar-refractivity contribution in [1.82, 2.24) is 0 Å². The molecule has 0 spiro atoms. The van der Waals surface area contributed by atoms with Crippen LogP contribution >= 0.6 is 0 Å². The van der Waals surface area contributed by atoms with Crippen LogP contribution in [-0.2, 0) is 10.2 Å². The second-order valence-electron chi connectivity index (χ2n) is 4.05. The number of nitrogens with zero attached hydrogens (tertiary/aromatic N) is 1. The van der Waals surface area contributed by atoms with Crippen LogP contribution in [0.5, 0.6) is 0 Å². The molecule has 0 radical (unpaired) electrons. The van der Waals surface area contributed by atoms with Gasteiger partial charge in [0.2, 0.25) is 0 Å². The molecule has 15 heavy (non-hydrogen) atoms. The molecule has 0 bridgehead atoms. The number of carbonyl (C=O) groups is 1. The van der Waals surface area contributed by atoms with E-state index in [1.165, 1.54) is 12.1 Å². The van der Waals surface area contributed by atoms with E-state index < -0.39 is 5.41 Å². The zero-order valence-electron chi connectivity index (χ0n) is 8.38. The van der Waals surface area contributed by atoms with E-state index in [0.717, 1.165) is 11.1 Å². The quantitative estimate of drug-likeness (QED) is 0.702. The molecule has 0 saturated heterocycles. The lowest BCUT2D eigenvalue weighted by atomic mass is 9.64. The van der Waals surface area contributed by atoms with Crippen LogP contribution in [0.3, 0.4) is 0 Å². The van der Waals surface area contributed by atoms with E-state index in [-0.39, 0.29) is 24.4 Å². The van der Waals surface area contributed by atoms with Crippen LogP contribution in [-0.4, -0.2) is 5.78 Å². The van der Waals surface area contributed by atoms with Crippen molar-refractivity contribution in [3.05, 3.63) is 35.1 Å². The third-order valence-corrected chi connectivity index (χ3v) is 2.92. The number of Topliss-reactive ketones (excluding diaryl/α,β-unsaturated/α-hetero) is 1. The number of aryl methyl sites for hydroxylation is 1. The van der Waals surface area contributed by atoms with Gasteiger partial charge in [0.25, 0.3) is 0 Å². The first kappa shape index (κ1) is 9.85. The number of hydrogen-bond acceptors (Lipinski definition) is 2. The van der Waals surface area contributed by atoms with Crippen molar-refractivity contribution in [3.63, 3.8) is 0 Å². The van der Waals surface area contributed by atoms with Crippen LogP contribution < -0.4 is 0 Å². The highest BCUT2D eigenvalue weighted by Gasteiger charge is 2.46. The number of halogens is 1. The molecular weight excluding hydrogens is 193 g/mol. The van der Waals surface area contributed by atoms with E-state index in [0.29, 0.717) is 0 Å². The first-order chi connectivity index (χ1) is 7.07. The van der Waals surface area contributed by atoms with E-state index in [1.807, 2.05) is 0 Å². The largest absolute Gasteiger partial charge is 0.300 e. The van der Waals surface area contributed by atoms with Crippen molar-refractivity contribution in [2.24, 2.45) is 0 Å². The van der Waals surface area contributed by atoms with Crippen LogP contribution in [0.1, 0.15) is 24.0 Å². The van der Waals surface area contributed by atoms with E-state index in [2.05, 4.69) is 6.07 Å². The van der Waals surface area contributed by atoms with Crippen LogP contribution in [0.25, 0.3) is 0 Å². The highest BCUT2D eigenvalue weighted by molar-refractivity contribution is 5.90. The molecule has 0 aromatic heterocycles. The van der Waals surface area contributed by atoms with E-state index >= 15 is 0 Å². The third kappa shape index (κ3) is 1.42. The molecule has 1 saturated carbocycles. The molecule has 1 aromatic carbocycles. The van der Waals surface area contributed by atoms with Gasteiger partial charge in [-0.1, -0.05) is 6.07 Å². The topological polar surface area (TPSA) is 40.9 Å².